The summed E-state index contributed by atoms with van der Waals surface area (Å²) in [4.78, 5) is 11.6. The molecule has 2 aromatic rings. The third kappa shape index (κ3) is 3.30. The van der Waals surface area contributed by atoms with Crippen LogP contribution in [-0.2, 0) is 16.6 Å². The SMILES string of the molecule is CC(=O)c1cccc(S(=O)(=O)N(C)Cc2ccc([C@@H]3C[C@@H]3C)o2)c1. The summed E-state index contributed by atoms with van der Waals surface area (Å²) in [5.41, 5.74) is 0.382. The molecule has 0 amide bonds. The quantitative estimate of drug-likeness (QED) is 0.751. The molecule has 1 aromatic carbocycles. The van der Waals surface area contributed by atoms with Crippen molar-refractivity contribution >= 4 is 15.8 Å². The Labute approximate surface area is 142 Å². The molecule has 0 bridgehead atoms. The number of rotatable bonds is 6. The van der Waals surface area contributed by atoms with E-state index >= 15 is 0 Å². The Bertz CT molecular complexity index is 869. The Hall–Kier alpha value is -1.92. The van der Waals surface area contributed by atoms with Crippen molar-refractivity contribution in [3.8, 4) is 0 Å². The molecule has 1 aliphatic rings. The molecule has 6 heteroatoms. The van der Waals surface area contributed by atoms with Crippen molar-refractivity contribution in [2.75, 3.05) is 7.05 Å². The van der Waals surface area contributed by atoms with Crippen molar-refractivity contribution in [2.24, 2.45) is 5.92 Å². The van der Waals surface area contributed by atoms with E-state index in [9.17, 15) is 13.2 Å². The lowest BCUT2D eigenvalue weighted by Gasteiger charge is -2.16. The molecule has 0 N–H and O–H groups in total. The van der Waals surface area contributed by atoms with Gasteiger partial charge in [-0.05, 0) is 43.5 Å². The molecule has 2 atom stereocenters. The number of nitrogens with zero attached hydrogens (tertiary/aromatic N) is 1. The minimum absolute atomic E-state index is 0.111. The summed E-state index contributed by atoms with van der Waals surface area (Å²) in [6.45, 7) is 3.75. The number of hydrogen-bond donors (Lipinski definition) is 0. The van der Waals surface area contributed by atoms with Gasteiger partial charge in [-0.3, -0.25) is 4.79 Å². The topological polar surface area (TPSA) is 67.6 Å². The minimum atomic E-state index is -3.68. The van der Waals surface area contributed by atoms with Gasteiger partial charge < -0.3 is 4.42 Å². The maximum Gasteiger partial charge on any atom is 0.243 e. The highest BCUT2D eigenvalue weighted by Gasteiger charge is 2.36. The lowest BCUT2D eigenvalue weighted by molar-refractivity contribution is 0.101. The maximum atomic E-state index is 12.7. The summed E-state index contributed by atoms with van der Waals surface area (Å²) in [6.07, 6.45) is 1.12. The number of furan rings is 1. The lowest BCUT2D eigenvalue weighted by atomic mass is 10.2. The Kier molecular flexibility index (Phi) is 4.36. The van der Waals surface area contributed by atoms with E-state index in [-0.39, 0.29) is 17.2 Å². The summed E-state index contributed by atoms with van der Waals surface area (Å²) in [7, 11) is -2.17. The first-order valence-electron chi connectivity index (χ1n) is 7.95. The van der Waals surface area contributed by atoms with Crippen LogP contribution in [0.2, 0.25) is 0 Å². The second-order valence-electron chi connectivity index (χ2n) is 6.47. The van der Waals surface area contributed by atoms with Gasteiger partial charge in [0.25, 0.3) is 0 Å². The van der Waals surface area contributed by atoms with Crippen molar-refractivity contribution in [2.45, 2.75) is 37.6 Å². The molecule has 3 rings (SSSR count). The van der Waals surface area contributed by atoms with Gasteiger partial charge in [0, 0.05) is 18.5 Å². The van der Waals surface area contributed by atoms with Crippen LogP contribution in [0.3, 0.4) is 0 Å². The van der Waals surface area contributed by atoms with Crippen LogP contribution in [0.15, 0.2) is 45.7 Å². The first-order chi connectivity index (χ1) is 11.3. The van der Waals surface area contributed by atoms with E-state index < -0.39 is 10.0 Å². The van der Waals surface area contributed by atoms with Gasteiger partial charge in [-0.25, -0.2) is 8.42 Å². The summed E-state index contributed by atoms with van der Waals surface area (Å²) in [5.74, 6) is 2.50. The molecular formula is C18H21NO4S. The molecule has 1 aliphatic carbocycles. The van der Waals surface area contributed by atoms with Gasteiger partial charge in [-0.1, -0.05) is 19.1 Å². The molecular weight excluding hydrogens is 326 g/mol. The van der Waals surface area contributed by atoms with Crippen molar-refractivity contribution in [1.82, 2.24) is 4.31 Å². The predicted molar refractivity (Wildman–Crippen MR) is 90.3 cm³/mol. The zero-order valence-electron chi connectivity index (χ0n) is 14.0. The second kappa shape index (κ2) is 6.18. The predicted octanol–water partition coefficient (Wildman–Crippen LogP) is 3.43. The number of Topliss-reactive ketones (excluding diaryl/α,β-unsaturated/α-hetero) is 1. The minimum Gasteiger partial charge on any atom is -0.464 e. The average Bonchev–Trinajstić information content (AvgIpc) is 3.09. The van der Waals surface area contributed by atoms with Gasteiger partial charge in [0.1, 0.15) is 11.5 Å². The van der Waals surface area contributed by atoms with Crippen LogP contribution in [0.4, 0.5) is 0 Å². The smallest absolute Gasteiger partial charge is 0.243 e. The zero-order chi connectivity index (χ0) is 17.5. The highest BCUT2D eigenvalue weighted by Crippen LogP contribution is 2.47. The lowest BCUT2D eigenvalue weighted by Crippen LogP contribution is -2.26. The van der Waals surface area contributed by atoms with Crippen LogP contribution in [0.1, 0.15) is 48.1 Å². The van der Waals surface area contributed by atoms with Gasteiger partial charge in [0.05, 0.1) is 11.4 Å². The third-order valence-corrected chi connectivity index (χ3v) is 6.28. The van der Waals surface area contributed by atoms with E-state index in [1.165, 1.54) is 30.4 Å². The Balaban J connectivity index is 1.78. The number of ketones is 1. The summed E-state index contributed by atoms with van der Waals surface area (Å²) in [5, 5.41) is 0. The van der Waals surface area contributed by atoms with Crippen molar-refractivity contribution in [1.29, 1.82) is 0 Å². The molecule has 24 heavy (non-hydrogen) atoms. The summed E-state index contributed by atoms with van der Waals surface area (Å²) >= 11 is 0. The standard InChI is InChI=1S/C18H21NO4S/c1-12-9-17(12)18-8-7-15(23-18)11-19(3)24(21,22)16-6-4-5-14(10-16)13(2)20/h4-8,10,12,17H,9,11H2,1-3H3/t12-,17+/m0/s1. The van der Waals surface area contributed by atoms with Gasteiger partial charge in [0.15, 0.2) is 5.78 Å². The fourth-order valence-electron chi connectivity index (χ4n) is 2.76. The first-order valence-corrected chi connectivity index (χ1v) is 9.39. The highest BCUT2D eigenvalue weighted by molar-refractivity contribution is 7.89. The molecule has 1 fully saturated rings. The Morgan fingerprint density at radius 2 is 2.00 bits per heavy atom. The Morgan fingerprint density at radius 3 is 2.62 bits per heavy atom. The number of benzene rings is 1. The van der Waals surface area contributed by atoms with E-state index in [2.05, 4.69) is 6.92 Å². The highest BCUT2D eigenvalue weighted by atomic mass is 32.2. The van der Waals surface area contributed by atoms with E-state index in [1.54, 1.807) is 12.1 Å². The molecule has 128 valence electrons. The number of carbonyl (C=O) groups excluding carboxylic acids is 1. The van der Waals surface area contributed by atoms with Crippen LogP contribution in [0, 0.1) is 5.92 Å². The van der Waals surface area contributed by atoms with Crippen LogP contribution < -0.4 is 0 Å². The van der Waals surface area contributed by atoms with Gasteiger partial charge in [-0.15, -0.1) is 0 Å². The van der Waals surface area contributed by atoms with Gasteiger partial charge in [-0.2, -0.15) is 4.31 Å². The molecule has 0 unspecified atom stereocenters. The van der Waals surface area contributed by atoms with Gasteiger partial charge >= 0.3 is 0 Å². The van der Waals surface area contributed by atoms with Crippen LogP contribution in [-0.4, -0.2) is 25.6 Å². The molecule has 5 nitrogen and oxygen atoms in total. The molecule has 0 radical (unpaired) electrons. The van der Waals surface area contributed by atoms with E-state index in [1.807, 2.05) is 12.1 Å². The second-order valence-corrected chi connectivity index (χ2v) is 8.51. The number of sulfonamides is 1. The number of carbonyl (C=O) groups is 1. The van der Waals surface area contributed by atoms with Crippen molar-refractivity contribution in [3.05, 3.63) is 53.5 Å². The van der Waals surface area contributed by atoms with E-state index in [0.717, 1.165) is 12.2 Å². The molecule has 0 aliphatic heterocycles. The molecule has 1 aromatic heterocycles. The van der Waals surface area contributed by atoms with E-state index in [4.69, 9.17) is 4.42 Å². The zero-order valence-corrected chi connectivity index (χ0v) is 14.8. The monoisotopic (exact) mass is 347 g/mol. The normalized spacial score (nSPS) is 20.3. The van der Waals surface area contributed by atoms with Crippen LogP contribution >= 0.6 is 0 Å². The fraction of sp³-hybridized carbons (Fsp3) is 0.389. The molecule has 1 heterocycles. The first kappa shape index (κ1) is 16.9. The largest absolute Gasteiger partial charge is 0.464 e. The number of hydrogen-bond acceptors (Lipinski definition) is 4. The fourth-order valence-corrected chi connectivity index (χ4v) is 3.94. The van der Waals surface area contributed by atoms with E-state index in [0.29, 0.717) is 23.2 Å². The molecule has 0 spiro atoms. The van der Waals surface area contributed by atoms with Gasteiger partial charge in [0.2, 0.25) is 10.0 Å². The maximum absolute atomic E-state index is 12.7. The summed E-state index contributed by atoms with van der Waals surface area (Å²) in [6, 6.07) is 9.86. The molecule has 1 saturated carbocycles. The summed E-state index contributed by atoms with van der Waals surface area (Å²) < 4.78 is 32.4. The third-order valence-electron chi connectivity index (χ3n) is 4.48. The molecule has 0 saturated heterocycles. The van der Waals surface area contributed by atoms with Crippen molar-refractivity contribution < 1.29 is 17.6 Å². The van der Waals surface area contributed by atoms with Crippen molar-refractivity contribution in [3.63, 3.8) is 0 Å². The Morgan fingerprint density at radius 1 is 1.29 bits per heavy atom. The van der Waals surface area contributed by atoms with Crippen LogP contribution in [0.25, 0.3) is 0 Å². The average molecular weight is 347 g/mol. The van der Waals surface area contributed by atoms with Crippen LogP contribution in [0.5, 0.6) is 0 Å².